The first kappa shape index (κ1) is 13.6. The Morgan fingerprint density at radius 1 is 1.26 bits per heavy atom. The van der Waals surface area contributed by atoms with Crippen molar-refractivity contribution in [1.29, 1.82) is 0 Å². The van der Waals surface area contributed by atoms with Crippen LogP contribution in [0.3, 0.4) is 0 Å². The molecular weight excluding hydrogens is 238 g/mol. The van der Waals surface area contributed by atoms with Gasteiger partial charge in [0.15, 0.2) is 0 Å². The lowest BCUT2D eigenvalue weighted by Gasteiger charge is -2.08. The van der Waals surface area contributed by atoms with E-state index in [0.717, 1.165) is 29.3 Å². The maximum atomic E-state index is 5.74. The van der Waals surface area contributed by atoms with E-state index >= 15 is 0 Å². The summed E-state index contributed by atoms with van der Waals surface area (Å²) in [6.07, 6.45) is 2.86. The van der Waals surface area contributed by atoms with Crippen molar-refractivity contribution in [2.45, 2.75) is 26.2 Å². The number of ether oxygens (including phenoxy) is 1. The zero-order valence-electron chi connectivity index (χ0n) is 11.5. The van der Waals surface area contributed by atoms with Crippen molar-refractivity contribution in [3.63, 3.8) is 0 Å². The average molecular weight is 259 g/mol. The monoisotopic (exact) mass is 259 g/mol. The molecule has 19 heavy (non-hydrogen) atoms. The number of aromatic nitrogens is 2. The fourth-order valence-electron chi connectivity index (χ4n) is 2.06. The Morgan fingerprint density at radius 2 is 2.00 bits per heavy atom. The molecule has 2 aromatic rings. The number of nitrogens with zero attached hydrogens (tertiary/aromatic N) is 1. The van der Waals surface area contributed by atoms with Gasteiger partial charge in [0.05, 0.1) is 18.5 Å². The highest BCUT2D eigenvalue weighted by Gasteiger charge is 2.11. The smallest absolute Gasteiger partial charge is 0.119 e. The molecule has 4 heteroatoms. The Bertz CT molecular complexity index is 500. The normalized spacial score (nSPS) is 12.4. The lowest BCUT2D eigenvalue weighted by atomic mass is 10.1. The van der Waals surface area contributed by atoms with Crippen molar-refractivity contribution in [1.82, 2.24) is 9.97 Å². The van der Waals surface area contributed by atoms with Crippen LogP contribution in [-0.4, -0.2) is 23.1 Å². The van der Waals surface area contributed by atoms with E-state index in [1.54, 1.807) is 0 Å². The van der Waals surface area contributed by atoms with E-state index in [-0.39, 0.29) is 0 Å². The van der Waals surface area contributed by atoms with Crippen molar-refractivity contribution in [3.8, 4) is 17.0 Å². The number of nitrogens with one attached hydrogen (secondary N) is 1. The molecule has 0 radical (unpaired) electrons. The first-order chi connectivity index (χ1) is 9.28. The minimum atomic E-state index is 0.302. The number of hydrogen-bond acceptors (Lipinski definition) is 3. The van der Waals surface area contributed by atoms with Crippen LogP contribution in [0.4, 0.5) is 0 Å². The molecular formula is C15H21N3O. The Labute approximate surface area is 114 Å². The summed E-state index contributed by atoms with van der Waals surface area (Å²) in [7, 11) is 0. The number of hydrogen-bond donors (Lipinski definition) is 2. The molecule has 4 nitrogen and oxygen atoms in total. The number of benzene rings is 1. The summed E-state index contributed by atoms with van der Waals surface area (Å²) in [5.74, 6) is 2.16. The van der Waals surface area contributed by atoms with Gasteiger partial charge < -0.3 is 15.5 Å². The molecule has 1 heterocycles. The van der Waals surface area contributed by atoms with Crippen LogP contribution in [0.15, 0.2) is 30.5 Å². The van der Waals surface area contributed by atoms with Crippen LogP contribution < -0.4 is 10.5 Å². The predicted octanol–water partition coefficient (Wildman–Crippen LogP) is 2.93. The fraction of sp³-hybridized carbons (Fsp3) is 0.400. The number of nitrogens with two attached hydrogens (primary N) is 1. The molecule has 1 aromatic carbocycles. The molecule has 0 aliphatic heterocycles. The standard InChI is InChI=1S/C15H21N3O/c1-3-11(9-16)15-17-10-14(18-15)12-5-7-13(8-6-12)19-4-2/h5-8,10-11H,3-4,9,16H2,1-2H3,(H,17,18). The van der Waals surface area contributed by atoms with E-state index < -0.39 is 0 Å². The largest absolute Gasteiger partial charge is 0.494 e. The second-order valence-corrected chi connectivity index (χ2v) is 4.48. The van der Waals surface area contributed by atoms with Crippen molar-refractivity contribution in [3.05, 3.63) is 36.3 Å². The molecule has 0 saturated carbocycles. The Kier molecular flexibility index (Phi) is 4.58. The third kappa shape index (κ3) is 3.15. The zero-order valence-corrected chi connectivity index (χ0v) is 11.5. The highest BCUT2D eigenvalue weighted by atomic mass is 16.5. The van der Waals surface area contributed by atoms with Crippen LogP contribution in [0.25, 0.3) is 11.3 Å². The zero-order chi connectivity index (χ0) is 13.7. The van der Waals surface area contributed by atoms with Crippen molar-refractivity contribution >= 4 is 0 Å². The first-order valence-corrected chi connectivity index (χ1v) is 6.76. The molecule has 1 atom stereocenters. The van der Waals surface area contributed by atoms with E-state index in [0.29, 0.717) is 19.1 Å². The van der Waals surface area contributed by atoms with Gasteiger partial charge in [-0.2, -0.15) is 0 Å². The second-order valence-electron chi connectivity index (χ2n) is 4.48. The van der Waals surface area contributed by atoms with Crippen LogP contribution in [-0.2, 0) is 0 Å². The van der Waals surface area contributed by atoms with Crippen molar-refractivity contribution in [2.24, 2.45) is 5.73 Å². The van der Waals surface area contributed by atoms with Gasteiger partial charge in [-0.25, -0.2) is 4.98 Å². The fourth-order valence-corrected chi connectivity index (χ4v) is 2.06. The molecule has 0 fully saturated rings. The van der Waals surface area contributed by atoms with Gasteiger partial charge >= 0.3 is 0 Å². The van der Waals surface area contributed by atoms with Gasteiger partial charge in [0.25, 0.3) is 0 Å². The minimum absolute atomic E-state index is 0.302. The maximum absolute atomic E-state index is 5.74. The maximum Gasteiger partial charge on any atom is 0.119 e. The SMILES string of the molecule is CCOc1ccc(-c2cnc(C(CC)CN)[nH]2)cc1. The third-order valence-electron chi connectivity index (χ3n) is 3.24. The van der Waals surface area contributed by atoms with Crippen LogP contribution in [0, 0.1) is 0 Å². The van der Waals surface area contributed by atoms with E-state index in [1.807, 2.05) is 37.4 Å². The molecule has 102 valence electrons. The van der Waals surface area contributed by atoms with Gasteiger partial charge in [-0.1, -0.05) is 6.92 Å². The van der Waals surface area contributed by atoms with Crippen molar-refractivity contribution < 1.29 is 4.74 Å². The van der Waals surface area contributed by atoms with Crippen LogP contribution in [0.2, 0.25) is 0 Å². The molecule has 0 aliphatic carbocycles. The summed E-state index contributed by atoms with van der Waals surface area (Å²) >= 11 is 0. The Morgan fingerprint density at radius 3 is 2.58 bits per heavy atom. The summed E-state index contributed by atoms with van der Waals surface area (Å²) in [4.78, 5) is 7.78. The van der Waals surface area contributed by atoms with Crippen molar-refractivity contribution in [2.75, 3.05) is 13.2 Å². The molecule has 3 N–H and O–H groups in total. The number of H-pyrrole nitrogens is 1. The topological polar surface area (TPSA) is 63.9 Å². The Hall–Kier alpha value is -1.81. The second kappa shape index (κ2) is 6.38. The average Bonchev–Trinajstić information content (AvgIpc) is 2.91. The molecule has 0 amide bonds. The van der Waals surface area contributed by atoms with Gasteiger partial charge in [0.2, 0.25) is 0 Å². The molecule has 1 unspecified atom stereocenters. The van der Waals surface area contributed by atoms with Gasteiger partial charge in [-0.15, -0.1) is 0 Å². The van der Waals surface area contributed by atoms with E-state index in [2.05, 4.69) is 16.9 Å². The molecule has 0 aliphatic rings. The molecule has 0 spiro atoms. The van der Waals surface area contributed by atoms with E-state index in [1.165, 1.54) is 0 Å². The predicted molar refractivity (Wildman–Crippen MR) is 77.3 cm³/mol. The molecule has 2 rings (SSSR count). The lowest BCUT2D eigenvalue weighted by molar-refractivity contribution is 0.340. The quantitative estimate of drug-likeness (QED) is 0.838. The van der Waals surface area contributed by atoms with Gasteiger partial charge in [-0.05, 0) is 43.2 Å². The van der Waals surface area contributed by atoms with Gasteiger partial charge in [-0.3, -0.25) is 0 Å². The highest BCUT2D eigenvalue weighted by Crippen LogP contribution is 2.23. The van der Waals surface area contributed by atoms with Crippen LogP contribution in [0.1, 0.15) is 32.0 Å². The molecule has 0 bridgehead atoms. The van der Waals surface area contributed by atoms with Gasteiger partial charge in [0.1, 0.15) is 11.6 Å². The third-order valence-corrected chi connectivity index (χ3v) is 3.24. The number of rotatable bonds is 6. The summed E-state index contributed by atoms with van der Waals surface area (Å²) in [6.45, 7) is 5.40. The summed E-state index contributed by atoms with van der Waals surface area (Å²) in [5.41, 5.74) is 7.86. The minimum Gasteiger partial charge on any atom is -0.494 e. The van der Waals surface area contributed by atoms with Gasteiger partial charge in [0, 0.05) is 12.5 Å². The number of aromatic amines is 1. The summed E-state index contributed by atoms with van der Waals surface area (Å²) in [6, 6.07) is 8.01. The van der Waals surface area contributed by atoms with E-state index in [4.69, 9.17) is 10.5 Å². The summed E-state index contributed by atoms with van der Waals surface area (Å²) in [5, 5.41) is 0. The van der Waals surface area contributed by atoms with Crippen LogP contribution in [0.5, 0.6) is 5.75 Å². The first-order valence-electron chi connectivity index (χ1n) is 6.76. The van der Waals surface area contributed by atoms with Crippen LogP contribution >= 0.6 is 0 Å². The Balaban J connectivity index is 2.17. The summed E-state index contributed by atoms with van der Waals surface area (Å²) < 4.78 is 5.43. The number of imidazole rings is 1. The molecule has 1 aromatic heterocycles. The lowest BCUT2D eigenvalue weighted by Crippen LogP contribution is -2.12. The molecule has 0 saturated heterocycles. The van der Waals surface area contributed by atoms with E-state index in [9.17, 15) is 0 Å². The highest BCUT2D eigenvalue weighted by molar-refractivity contribution is 5.59.